The second kappa shape index (κ2) is 7.54. The van der Waals surface area contributed by atoms with Crippen molar-refractivity contribution < 1.29 is 9.53 Å². The van der Waals surface area contributed by atoms with Crippen LogP contribution in [-0.2, 0) is 22.4 Å². The first-order valence-corrected chi connectivity index (χ1v) is 12.1. The van der Waals surface area contributed by atoms with Crippen molar-refractivity contribution in [1.82, 2.24) is 9.55 Å². The van der Waals surface area contributed by atoms with Gasteiger partial charge in [0.25, 0.3) is 5.56 Å². The topological polar surface area (TPSA) is 61.2 Å². The van der Waals surface area contributed by atoms with Crippen molar-refractivity contribution in [3.8, 4) is 5.69 Å². The Balaban J connectivity index is 1.77. The summed E-state index contributed by atoms with van der Waals surface area (Å²) in [7, 11) is 0. The minimum atomic E-state index is -0.319. The van der Waals surface area contributed by atoms with E-state index in [0.717, 1.165) is 46.3 Å². The maximum absolute atomic E-state index is 13.9. The first-order valence-electron chi connectivity index (χ1n) is 10.4. The van der Waals surface area contributed by atoms with Gasteiger partial charge in [-0.3, -0.25) is 14.2 Å². The lowest BCUT2D eigenvalue weighted by Crippen LogP contribution is -2.24. The maximum Gasteiger partial charge on any atom is 0.319 e. The molecule has 5 rings (SSSR count). The van der Waals surface area contributed by atoms with Crippen LogP contribution < -0.4 is 5.56 Å². The molecule has 1 saturated heterocycles. The van der Waals surface area contributed by atoms with Crippen LogP contribution in [0.15, 0.2) is 28.2 Å². The number of carbonyl (C=O) groups excluding carboxylic acids is 1. The number of benzene rings is 1. The van der Waals surface area contributed by atoms with Crippen LogP contribution in [0.2, 0.25) is 0 Å². The molecule has 1 aliphatic heterocycles. The summed E-state index contributed by atoms with van der Waals surface area (Å²) in [5.41, 5.74) is 4.10. The Labute approximate surface area is 183 Å². The lowest BCUT2D eigenvalue weighted by molar-refractivity contribution is -0.137. The molecule has 1 fully saturated rings. The first-order chi connectivity index (χ1) is 14.4. The molecule has 2 aromatic heterocycles. The summed E-state index contributed by atoms with van der Waals surface area (Å²) >= 11 is 3.00. The Hall–Kier alpha value is -2.12. The monoisotopic (exact) mass is 440 g/mol. The van der Waals surface area contributed by atoms with Gasteiger partial charge in [0.05, 0.1) is 17.7 Å². The van der Waals surface area contributed by atoms with Crippen LogP contribution in [0.5, 0.6) is 0 Å². The lowest BCUT2D eigenvalue weighted by atomic mass is 9.89. The van der Waals surface area contributed by atoms with Gasteiger partial charge in [-0.1, -0.05) is 30.8 Å². The molecule has 0 spiro atoms. The number of aryl methyl sites for hydroxylation is 3. The molecule has 0 N–H and O–H groups in total. The highest BCUT2D eigenvalue weighted by atomic mass is 32.2. The van der Waals surface area contributed by atoms with Crippen LogP contribution in [-0.4, -0.2) is 27.4 Å². The molecule has 156 valence electrons. The number of esters is 1. The summed E-state index contributed by atoms with van der Waals surface area (Å²) in [5.74, 6) is 0.412. The molecule has 0 bridgehead atoms. The van der Waals surface area contributed by atoms with Gasteiger partial charge in [-0.2, -0.15) is 0 Å². The van der Waals surface area contributed by atoms with Crippen molar-refractivity contribution in [3.05, 3.63) is 50.1 Å². The van der Waals surface area contributed by atoms with Gasteiger partial charge in [0, 0.05) is 11.3 Å². The van der Waals surface area contributed by atoms with Gasteiger partial charge in [-0.25, -0.2) is 4.98 Å². The van der Waals surface area contributed by atoms with Gasteiger partial charge in [-0.05, 0) is 61.8 Å². The molecule has 30 heavy (non-hydrogen) atoms. The standard InChI is InChI=1S/C23H24N2O3S2/c1-12-4-6-14(3)16(10-12)25-21(26)19-15-7-5-13(2)11-18(15)29-20(19)24-23(25)30-17-8-9-28-22(17)27/h4,6,10,13,17H,5,7-9,11H2,1-3H3/t13-,17+/m0/s1. The van der Waals surface area contributed by atoms with Gasteiger partial charge in [0.1, 0.15) is 10.1 Å². The summed E-state index contributed by atoms with van der Waals surface area (Å²) in [6.07, 6.45) is 3.69. The van der Waals surface area contributed by atoms with E-state index in [2.05, 4.69) is 6.92 Å². The van der Waals surface area contributed by atoms with E-state index >= 15 is 0 Å². The summed E-state index contributed by atoms with van der Waals surface area (Å²) < 4.78 is 6.88. The lowest BCUT2D eigenvalue weighted by Gasteiger charge is -2.18. The van der Waals surface area contributed by atoms with E-state index in [0.29, 0.717) is 24.1 Å². The van der Waals surface area contributed by atoms with E-state index in [9.17, 15) is 9.59 Å². The molecule has 5 nitrogen and oxygen atoms in total. The highest BCUT2D eigenvalue weighted by molar-refractivity contribution is 8.00. The minimum Gasteiger partial charge on any atom is -0.465 e. The quantitative estimate of drug-likeness (QED) is 0.440. The van der Waals surface area contributed by atoms with Gasteiger partial charge < -0.3 is 4.74 Å². The van der Waals surface area contributed by atoms with Gasteiger partial charge in [0.2, 0.25) is 0 Å². The van der Waals surface area contributed by atoms with Crippen molar-refractivity contribution in [2.75, 3.05) is 6.61 Å². The number of rotatable bonds is 3. The fourth-order valence-corrected chi connectivity index (χ4v) is 6.83. The zero-order valence-electron chi connectivity index (χ0n) is 17.4. The predicted molar refractivity (Wildman–Crippen MR) is 121 cm³/mol. The number of fused-ring (bicyclic) bond motifs is 3. The number of hydrogen-bond acceptors (Lipinski definition) is 6. The third-order valence-electron chi connectivity index (χ3n) is 6.04. The van der Waals surface area contributed by atoms with Crippen LogP contribution in [0.3, 0.4) is 0 Å². The van der Waals surface area contributed by atoms with E-state index < -0.39 is 0 Å². The van der Waals surface area contributed by atoms with Crippen LogP contribution in [0.1, 0.15) is 41.3 Å². The van der Waals surface area contributed by atoms with Crippen molar-refractivity contribution in [2.45, 2.75) is 56.9 Å². The number of thioether (sulfide) groups is 1. The second-order valence-electron chi connectivity index (χ2n) is 8.42. The fraction of sp³-hybridized carbons (Fsp3) is 0.435. The number of hydrogen-bond donors (Lipinski definition) is 0. The van der Waals surface area contributed by atoms with Gasteiger partial charge in [0.15, 0.2) is 5.16 Å². The predicted octanol–water partition coefficient (Wildman–Crippen LogP) is 4.60. The molecule has 3 heterocycles. The highest BCUT2D eigenvalue weighted by Gasteiger charge is 2.31. The molecule has 2 atom stereocenters. The highest BCUT2D eigenvalue weighted by Crippen LogP contribution is 2.38. The molecule has 1 aromatic carbocycles. The number of nitrogens with zero attached hydrogens (tertiary/aromatic N) is 2. The van der Waals surface area contributed by atoms with Crippen LogP contribution in [0.25, 0.3) is 15.9 Å². The molecular weight excluding hydrogens is 416 g/mol. The fourth-order valence-electron chi connectivity index (χ4n) is 4.33. The number of ether oxygens (including phenoxy) is 1. The normalized spacial score (nSPS) is 21.1. The average molecular weight is 441 g/mol. The average Bonchev–Trinajstić information content (AvgIpc) is 3.27. The van der Waals surface area contributed by atoms with Crippen LogP contribution in [0, 0.1) is 19.8 Å². The number of cyclic esters (lactones) is 1. The Kier molecular flexibility index (Phi) is 4.98. The molecule has 0 radical (unpaired) electrons. The van der Waals surface area contributed by atoms with Gasteiger partial charge in [-0.15, -0.1) is 11.3 Å². The molecule has 0 amide bonds. The van der Waals surface area contributed by atoms with E-state index in [4.69, 9.17) is 9.72 Å². The van der Waals surface area contributed by atoms with Crippen molar-refractivity contribution in [1.29, 1.82) is 0 Å². The zero-order valence-corrected chi connectivity index (χ0v) is 19.0. The van der Waals surface area contributed by atoms with E-state index in [-0.39, 0.29) is 16.8 Å². The van der Waals surface area contributed by atoms with Crippen LogP contribution >= 0.6 is 23.1 Å². The Morgan fingerprint density at radius 3 is 2.83 bits per heavy atom. The summed E-state index contributed by atoms with van der Waals surface area (Å²) in [6, 6.07) is 6.11. The molecule has 2 aliphatic rings. The Morgan fingerprint density at radius 2 is 2.07 bits per heavy atom. The second-order valence-corrected chi connectivity index (χ2v) is 10.7. The molecule has 1 aliphatic carbocycles. The maximum atomic E-state index is 13.9. The Bertz CT molecular complexity index is 1230. The minimum absolute atomic E-state index is 0.0189. The Morgan fingerprint density at radius 1 is 1.23 bits per heavy atom. The summed E-state index contributed by atoms with van der Waals surface area (Å²) in [6.45, 7) is 6.73. The summed E-state index contributed by atoms with van der Waals surface area (Å²) in [4.78, 5) is 33.1. The number of carbonyl (C=O) groups is 1. The van der Waals surface area contributed by atoms with E-state index in [1.54, 1.807) is 15.9 Å². The largest absolute Gasteiger partial charge is 0.465 e. The van der Waals surface area contributed by atoms with Crippen LogP contribution in [0.4, 0.5) is 0 Å². The third kappa shape index (κ3) is 3.28. The van der Waals surface area contributed by atoms with Gasteiger partial charge >= 0.3 is 5.97 Å². The molecule has 7 heteroatoms. The summed E-state index contributed by atoms with van der Waals surface area (Å²) in [5, 5.41) is 1.03. The van der Waals surface area contributed by atoms with Crippen molar-refractivity contribution >= 4 is 39.3 Å². The first kappa shape index (κ1) is 19.8. The van der Waals surface area contributed by atoms with E-state index in [1.807, 2.05) is 32.0 Å². The van der Waals surface area contributed by atoms with Crippen molar-refractivity contribution in [3.63, 3.8) is 0 Å². The van der Waals surface area contributed by atoms with E-state index in [1.165, 1.54) is 22.2 Å². The van der Waals surface area contributed by atoms with Crippen molar-refractivity contribution in [2.24, 2.45) is 5.92 Å². The molecular formula is C23H24N2O3S2. The zero-order chi connectivity index (χ0) is 21.0. The molecule has 0 saturated carbocycles. The third-order valence-corrected chi connectivity index (χ3v) is 8.38. The molecule has 3 aromatic rings. The number of aromatic nitrogens is 2. The number of thiophene rings is 1. The SMILES string of the molecule is Cc1ccc(C)c(-n2c(S[C@@H]3CCOC3=O)nc3sc4c(c3c2=O)CC[C@H](C)C4)c1. The molecule has 0 unspecified atom stereocenters. The smallest absolute Gasteiger partial charge is 0.319 e.